The number of halogens is 1. The van der Waals surface area contributed by atoms with E-state index in [4.69, 9.17) is 35.2 Å². The number of alkyl halides is 1. The molecular formula is C56H84BrN9O15. The summed E-state index contributed by atoms with van der Waals surface area (Å²) < 4.78 is 28.6. The van der Waals surface area contributed by atoms with Crippen LogP contribution in [0.15, 0.2) is 60.2 Å². The molecule has 11 atom stereocenters. The van der Waals surface area contributed by atoms with E-state index in [-0.39, 0.29) is 105 Å². The number of primary amides is 2. The van der Waals surface area contributed by atoms with Gasteiger partial charge in [-0.05, 0) is 94.9 Å². The maximum absolute atomic E-state index is 14.4. The third-order valence-corrected chi connectivity index (χ3v) is 14.6. The second kappa shape index (κ2) is 33.5. The fraction of sp³-hybridized carbons (Fsp3) is 0.625. The highest BCUT2D eigenvalue weighted by atomic mass is 79.9. The number of nitrogens with zero attached hydrogens (tertiary/aromatic N) is 1. The minimum atomic E-state index is -1.19. The van der Waals surface area contributed by atoms with Gasteiger partial charge in [-0.1, -0.05) is 79.1 Å². The first-order valence-electron chi connectivity index (χ1n) is 27.6. The molecule has 1 aromatic carbocycles. The second-order valence-electron chi connectivity index (χ2n) is 21.2. The number of ether oxygens (including phenoxy) is 5. The molecule has 0 aliphatic carbocycles. The van der Waals surface area contributed by atoms with Crippen LogP contribution in [0.5, 0.6) is 0 Å². The van der Waals surface area contributed by atoms with E-state index in [0.717, 1.165) is 5.57 Å². The highest BCUT2D eigenvalue weighted by Crippen LogP contribution is 2.43. The third kappa shape index (κ3) is 23.2. The molecule has 25 heteroatoms. The predicted molar refractivity (Wildman–Crippen MR) is 303 cm³/mol. The van der Waals surface area contributed by atoms with Gasteiger partial charge in [-0.2, -0.15) is 0 Å². The zero-order chi connectivity index (χ0) is 59.8. The number of carbonyl (C=O) groups excluding carboxylic acids is 9. The lowest BCUT2D eigenvalue weighted by Crippen LogP contribution is -2.57. The third-order valence-electron chi connectivity index (χ3n) is 14.0. The molecule has 3 saturated heterocycles. The molecule has 1 aromatic rings. The molecule has 3 aliphatic heterocycles. The average Bonchev–Trinajstić information content (AvgIpc) is 4.34. The van der Waals surface area contributed by atoms with E-state index in [1.807, 2.05) is 26.0 Å². The number of urea groups is 1. The van der Waals surface area contributed by atoms with Crippen molar-refractivity contribution in [1.82, 2.24) is 31.9 Å². The number of epoxide rings is 1. The Bertz CT molecular complexity index is 2400. The summed E-state index contributed by atoms with van der Waals surface area (Å²) in [5.41, 5.74) is 11.9. The van der Waals surface area contributed by atoms with E-state index in [9.17, 15) is 48.3 Å². The molecule has 0 saturated carbocycles. The molecule has 3 heterocycles. The summed E-state index contributed by atoms with van der Waals surface area (Å²) in [5.74, 6) is -3.35. The van der Waals surface area contributed by atoms with E-state index in [1.54, 1.807) is 51.1 Å². The number of carbonyl (C=O) groups is 9. The van der Waals surface area contributed by atoms with Crippen molar-refractivity contribution >= 4 is 75.2 Å². The molecule has 9 amide bonds. The zero-order valence-electron chi connectivity index (χ0n) is 47.5. The number of allylic oxidation sites excluding steroid dienone is 2. The van der Waals surface area contributed by atoms with Gasteiger partial charge in [0.15, 0.2) is 0 Å². The van der Waals surface area contributed by atoms with Crippen molar-refractivity contribution in [3.05, 3.63) is 65.8 Å². The van der Waals surface area contributed by atoms with Crippen LogP contribution >= 0.6 is 15.9 Å². The van der Waals surface area contributed by atoms with Gasteiger partial charge in [0.05, 0.1) is 49.4 Å². The highest BCUT2D eigenvalue weighted by Gasteiger charge is 2.58. The largest absolute Gasteiger partial charge is 0.459 e. The fourth-order valence-corrected chi connectivity index (χ4v) is 9.67. The minimum absolute atomic E-state index is 0.0448. The van der Waals surface area contributed by atoms with Gasteiger partial charge < -0.3 is 72.2 Å². The number of amides is 9. The maximum atomic E-state index is 14.4. The van der Waals surface area contributed by atoms with Gasteiger partial charge in [-0.25, -0.2) is 9.59 Å². The van der Waals surface area contributed by atoms with Crippen LogP contribution in [0.1, 0.15) is 118 Å². The van der Waals surface area contributed by atoms with Crippen LogP contribution in [0.25, 0.3) is 0 Å². The average molecular weight is 1200 g/mol. The Labute approximate surface area is 482 Å². The quantitative estimate of drug-likeness (QED) is 0.00981. The molecule has 4 rings (SSSR count). The molecule has 81 heavy (non-hydrogen) atoms. The number of hydrogen-bond donors (Lipinski definition) is 9. The van der Waals surface area contributed by atoms with Crippen LogP contribution in [0, 0.1) is 11.8 Å². The molecule has 24 nitrogen and oxygen atoms in total. The van der Waals surface area contributed by atoms with Crippen LogP contribution in [0.3, 0.4) is 0 Å². The minimum Gasteiger partial charge on any atom is -0.459 e. The van der Waals surface area contributed by atoms with Crippen molar-refractivity contribution in [2.24, 2.45) is 23.3 Å². The smallest absolute Gasteiger partial charge is 0.408 e. The summed E-state index contributed by atoms with van der Waals surface area (Å²) in [4.78, 5) is 114. The molecule has 0 radical (unpaired) electrons. The molecule has 3 fully saturated rings. The van der Waals surface area contributed by atoms with Crippen molar-refractivity contribution in [2.75, 3.05) is 36.6 Å². The van der Waals surface area contributed by atoms with E-state index >= 15 is 0 Å². The number of aliphatic hydroxyl groups excluding tert-OH is 1. The van der Waals surface area contributed by atoms with E-state index in [1.165, 1.54) is 24.0 Å². The van der Waals surface area contributed by atoms with Crippen LogP contribution in [0.4, 0.5) is 15.3 Å². The lowest BCUT2D eigenvalue weighted by Gasteiger charge is -2.39. The van der Waals surface area contributed by atoms with Gasteiger partial charge in [0.2, 0.25) is 29.5 Å². The predicted octanol–water partition coefficient (Wildman–Crippen LogP) is 3.21. The van der Waals surface area contributed by atoms with Gasteiger partial charge in [0.1, 0.15) is 42.6 Å². The van der Waals surface area contributed by atoms with Crippen molar-refractivity contribution in [3.8, 4) is 0 Å². The first-order chi connectivity index (χ1) is 38.4. The van der Waals surface area contributed by atoms with E-state index in [2.05, 4.69) is 54.8 Å². The number of esters is 1. The number of unbranched alkanes of at least 4 members (excludes halogenated alkanes) is 2. The van der Waals surface area contributed by atoms with Crippen LogP contribution in [-0.4, -0.2) is 151 Å². The number of nitrogens with two attached hydrogens (primary N) is 2. The summed E-state index contributed by atoms with van der Waals surface area (Å²) in [6, 6.07) is 3.08. The second-order valence-corrected chi connectivity index (χ2v) is 21.8. The Morgan fingerprint density at radius 2 is 1.59 bits per heavy atom. The van der Waals surface area contributed by atoms with Gasteiger partial charge in [0.25, 0.3) is 5.91 Å². The number of alkyl carbamates (subject to hydrolysis) is 1. The zero-order valence-corrected chi connectivity index (χ0v) is 49.1. The van der Waals surface area contributed by atoms with Gasteiger partial charge in [-0.3, -0.25) is 38.5 Å². The number of rotatable bonds is 31. The van der Waals surface area contributed by atoms with Gasteiger partial charge in [-0.15, -0.1) is 0 Å². The summed E-state index contributed by atoms with van der Waals surface area (Å²) >= 11 is 3.10. The normalized spacial score (nSPS) is 23.6. The van der Waals surface area contributed by atoms with E-state index < -0.39 is 83.8 Å². The Hall–Kier alpha value is -6.41. The molecule has 450 valence electrons. The van der Waals surface area contributed by atoms with Crippen molar-refractivity contribution in [2.45, 2.75) is 180 Å². The van der Waals surface area contributed by atoms with Crippen molar-refractivity contribution in [1.29, 1.82) is 0 Å². The van der Waals surface area contributed by atoms with E-state index in [0.29, 0.717) is 50.8 Å². The summed E-state index contributed by atoms with van der Waals surface area (Å²) in [5, 5.41) is 27.5. The molecule has 1 spiro atoms. The number of aliphatic hydroxyl groups is 1. The Morgan fingerprint density at radius 1 is 0.889 bits per heavy atom. The molecule has 3 aliphatic rings. The maximum Gasteiger partial charge on any atom is 0.408 e. The molecule has 11 N–H and O–H groups in total. The fourth-order valence-electron chi connectivity index (χ4n) is 9.47. The monoisotopic (exact) mass is 1200 g/mol. The number of anilines is 1. The van der Waals surface area contributed by atoms with Crippen molar-refractivity contribution in [3.63, 3.8) is 0 Å². The van der Waals surface area contributed by atoms with Crippen LogP contribution in [-0.2, 0) is 63.9 Å². The topological polar surface area (TPSA) is 351 Å². The summed E-state index contributed by atoms with van der Waals surface area (Å²) in [7, 11) is 0. The lowest BCUT2D eigenvalue weighted by molar-refractivity contribution is -0.145. The first kappa shape index (κ1) is 67.1. The molecule has 0 unspecified atom stereocenters. The summed E-state index contributed by atoms with van der Waals surface area (Å²) in [6.07, 6.45) is 8.26. The highest BCUT2D eigenvalue weighted by molar-refractivity contribution is 9.09. The molecule has 0 bridgehead atoms. The van der Waals surface area contributed by atoms with Crippen molar-refractivity contribution < 1.29 is 71.9 Å². The SMILES string of the molecule is CC(=O)O[C@@H](C)/C=C\C(=O)N[C@@H]1C[C@H](C)[C@H](C/C=C(C)/C=C/[C@H]2O[C@H](CC(=O)NCNC(=O)OCc3ccc(N(C(=O)[C@@H](NC(=O)CCCCCNC(=O)CBr)C(C)C)[C@@H](CCCNC(N)=O)C(N)=O)cc3)C[C@@]3(CO3)[C@@H]2O)O[C@@H]1C. The Kier molecular flexibility index (Phi) is 27.7. The Morgan fingerprint density at radius 3 is 2.23 bits per heavy atom. The van der Waals surface area contributed by atoms with Crippen LogP contribution < -0.4 is 48.3 Å². The Balaban J connectivity index is 1.27. The standard InChI is InChI=1S/C56H84BrN9O15/c1-33(2)50(65-46(68)13-9-8-10-24-60-49(71)29-57)53(74)66(43(52(58)73)12-11-25-61-54(59)75)40-19-17-39(18-20-40)30-77-55(76)63-32-62-48(70)27-41-28-56(31-78-56)51(72)45(81-41)22-15-34(3)14-21-44-35(4)26-42(37(6)80-44)64-47(69)23-16-36(5)79-38(7)67/h14-20,22-23,33,35-37,41-45,50-51,72H,8-13,21,24-32H2,1-7H3,(H2,58,73)(H,60,71)(H,62,70)(H,63,76)(H,64,69)(H,65,68)(H3,59,61,75)/b22-15+,23-16-,34-14+/t35-,36-,37+,41+,42+,43-,44-,45+,50-,51+,56+/m0/s1. The molecule has 0 aromatic heterocycles. The molecular weight excluding hydrogens is 1120 g/mol. The van der Waals surface area contributed by atoms with Gasteiger partial charge in [0, 0.05) is 44.6 Å². The number of nitrogens with one attached hydrogen (secondary N) is 6. The number of hydrogen-bond acceptors (Lipinski definition) is 15. The van der Waals surface area contributed by atoms with Gasteiger partial charge >= 0.3 is 18.1 Å². The number of benzene rings is 1. The van der Waals surface area contributed by atoms with Crippen LogP contribution in [0.2, 0.25) is 0 Å². The lowest BCUT2D eigenvalue weighted by atomic mass is 9.87. The first-order valence-corrected chi connectivity index (χ1v) is 28.7. The summed E-state index contributed by atoms with van der Waals surface area (Å²) in [6.45, 7) is 12.8.